The highest BCUT2D eigenvalue weighted by Crippen LogP contribution is 2.41. The first-order chi connectivity index (χ1) is 14.8. The van der Waals surface area contributed by atoms with Crippen LogP contribution < -0.4 is 5.32 Å². The van der Waals surface area contributed by atoms with E-state index in [1.807, 2.05) is 6.92 Å². The zero-order valence-electron chi connectivity index (χ0n) is 17.6. The van der Waals surface area contributed by atoms with Gasteiger partial charge in [-0.15, -0.1) is 11.8 Å². The predicted molar refractivity (Wildman–Crippen MR) is 115 cm³/mol. The smallest absolute Gasteiger partial charge is 0.418 e. The van der Waals surface area contributed by atoms with E-state index in [0.717, 1.165) is 51.0 Å². The fraction of sp³-hybridized carbons (Fsp3) is 0.636. The number of rotatable bonds is 6. The van der Waals surface area contributed by atoms with E-state index in [1.54, 1.807) is 0 Å². The first-order valence-corrected chi connectivity index (χ1v) is 11.9. The predicted octanol–water partition coefficient (Wildman–Crippen LogP) is 5.90. The van der Waals surface area contributed by atoms with E-state index in [2.05, 4.69) is 5.32 Å². The zero-order chi connectivity index (χ0) is 22.4. The van der Waals surface area contributed by atoms with Crippen molar-refractivity contribution in [1.82, 2.24) is 4.90 Å². The van der Waals surface area contributed by atoms with E-state index in [9.17, 15) is 22.8 Å². The van der Waals surface area contributed by atoms with Crippen LogP contribution >= 0.6 is 11.8 Å². The third kappa shape index (κ3) is 5.87. The molecular weight excluding hydrogens is 429 g/mol. The summed E-state index contributed by atoms with van der Waals surface area (Å²) >= 11 is 1.52. The Morgan fingerprint density at radius 2 is 1.90 bits per heavy atom. The maximum atomic E-state index is 13.4. The fourth-order valence-electron chi connectivity index (χ4n) is 4.18. The summed E-state index contributed by atoms with van der Waals surface area (Å²) in [4.78, 5) is 27.4. The number of unbranched alkanes of at least 4 members (excludes halogenated alkanes) is 1. The lowest BCUT2D eigenvalue weighted by molar-refractivity contribution is -0.148. The van der Waals surface area contributed by atoms with Crippen molar-refractivity contribution >= 4 is 29.4 Å². The van der Waals surface area contributed by atoms with Crippen molar-refractivity contribution in [3.8, 4) is 0 Å². The van der Waals surface area contributed by atoms with Gasteiger partial charge >= 0.3 is 18.2 Å². The summed E-state index contributed by atoms with van der Waals surface area (Å²) in [5.41, 5.74) is -1.22. The summed E-state index contributed by atoms with van der Waals surface area (Å²) in [7, 11) is 0. The molecule has 172 valence electrons. The van der Waals surface area contributed by atoms with Crippen LogP contribution in [0.1, 0.15) is 57.4 Å². The van der Waals surface area contributed by atoms with Crippen LogP contribution in [0.2, 0.25) is 0 Å². The second kappa shape index (κ2) is 10.6. The van der Waals surface area contributed by atoms with Gasteiger partial charge in [-0.25, -0.2) is 9.59 Å². The van der Waals surface area contributed by atoms with Crippen LogP contribution in [0.5, 0.6) is 0 Å². The molecule has 1 saturated heterocycles. The SMILES string of the molecule is CCCCOC(=O)C1CSC(C2CCCCC2)N1C(=O)Nc1ccccc1C(F)(F)F. The number of hydrogen-bond donors (Lipinski definition) is 1. The number of carbonyl (C=O) groups is 2. The minimum Gasteiger partial charge on any atom is -0.464 e. The number of benzene rings is 1. The van der Waals surface area contributed by atoms with Gasteiger partial charge in [0.1, 0.15) is 6.04 Å². The van der Waals surface area contributed by atoms with Crippen LogP contribution in [0.4, 0.5) is 23.7 Å². The van der Waals surface area contributed by atoms with E-state index in [1.165, 1.54) is 34.9 Å². The van der Waals surface area contributed by atoms with Gasteiger partial charge in [-0.1, -0.05) is 44.7 Å². The standard InChI is InChI=1S/C22H29F3N2O3S/c1-2-3-13-30-20(28)18-14-31-19(15-9-5-4-6-10-15)27(18)21(29)26-17-12-8-7-11-16(17)22(23,24)25/h7-8,11-12,15,18-19H,2-6,9-10,13-14H2,1H3,(H,26,29). The van der Waals surface area contributed by atoms with Gasteiger partial charge in [0.15, 0.2) is 0 Å². The van der Waals surface area contributed by atoms with E-state index in [0.29, 0.717) is 5.75 Å². The minimum absolute atomic E-state index is 0.218. The van der Waals surface area contributed by atoms with E-state index in [-0.39, 0.29) is 23.6 Å². The van der Waals surface area contributed by atoms with Crippen molar-refractivity contribution in [3.05, 3.63) is 29.8 Å². The van der Waals surface area contributed by atoms with Gasteiger partial charge in [0.25, 0.3) is 0 Å². The molecule has 2 unspecified atom stereocenters. The number of urea groups is 1. The van der Waals surface area contributed by atoms with Crippen LogP contribution in [0.15, 0.2) is 24.3 Å². The Labute approximate surface area is 185 Å². The Kier molecular flexibility index (Phi) is 8.13. The topological polar surface area (TPSA) is 58.6 Å². The number of halogens is 3. The molecule has 0 spiro atoms. The van der Waals surface area contributed by atoms with Crippen molar-refractivity contribution in [2.45, 2.75) is 69.5 Å². The van der Waals surface area contributed by atoms with Crippen molar-refractivity contribution < 1.29 is 27.5 Å². The Balaban J connectivity index is 1.82. The Bertz CT molecular complexity index is 769. The number of anilines is 1. The molecule has 1 aliphatic heterocycles. The van der Waals surface area contributed by atoms with Crippen LogP contribution in [0.3, 0.4) is 0 Å². The third-order valence-electron chi connectivity index (χ3n) is 5.81. The molecule has 2 aliphatic rings. The quantitative estimate of drug-likeness (QED) is 0.426. The number of amides is 2. The van der Waals surface area contributed by atoms with Gasteiger partial charge in [0.2, 0.25) is 0 Å². The molecule has 1 aliphatic carbocycles. The number of hydrogen-bond acceptors (Lipinski definition) is 4. The van der Waals surface area contributed by atoms with Crippen LogP contribution in [0, 0.1) is 5.92 Å². The van der Waals surface area contributed by atoms with Crippen molar-refractivity contribution in [3.63, 3.8) is 0 Å². The lowest BCUT2D eigenvalue weighted by Gasteiger charge is -2.35. The molecule has 2 fully saturated rings. The molecule has 2 atom stereocenters. The number of para-hydroxylation sites is 1. The monoisotopic (exact) mass is 458 g/mol. The molecule has 0 radical (unpaired) electrons. The van der Waals surface area contributed by atoms with Gasteiger partial charge in [-0.3, -0.25) is 4.90 Å². The van der Waals surface area contributed by atoms with E-state index in [4.69, 9.17) is 4.74 Å². The highest BCUT2D eigenvalue weighted by Gasteiger charge is 2.46. The maximum Gasteiger partial charge on any atom is 0.418 e. The van der Waals surface area contributed by atoms with Crippen molar-refractivity contribution in [1.29, 1.82) is 0 Å². The molecule has 0 bridgehead atoms. The molecule has 31 heavy (non-hydrogen) atoms. The number of thioether (sulfide) groups is 1. The van der Waals surface area contributed by atoms with Gasteiger partial charge in [-0.05, 0) is 37.3 Å². The van der Waals surface area contributed by atoms with Crippen LogP contribution in [-0.4, -0.2) is 40.7 Å². The Morgan fingerprint density at radius 3 is 2.58 bits per heavy atom. The number of ether oxygens (including phenoxy) is 1. The summed E-state index contributed by atoms with van der Waals surface area (Å²) in [6.07, 6.45) is 2.14. The second-order valence-corrected chi connectivity index (χ2v) is 9.19. The van der Waals surface area contributed by atoms with E-state index < -0.39 is 29.8 Å². The summed E-state index contributed by atoms with van der Waals surface area (Å²) in [5.74, 6) is 0.120. The van der Waals surface area contributed by atoms with Gasteiger partial charge in [0.05, 0.1) is 23.2 Å². The zero-order valence-corrected chi connectivity index (χ0v) is 18.4. The Morgan fingerprint density at radius 1 is 1.19 bits per heavy atom. The molecule has 3 rings (SSSR count). The summed E-state index contributed by atoms with van der Waals surface area (Å²) in [5, 5.41) is 2.18. The molecule has 1 saturated carbocycles. The van der Waals surface area contributed by atoms with Gasteiger partial charge in [-0.2, -0.15) is 13.2 Å². The lowest BCUT2D eigenvalue weighted by atomic mass is 9.88. The molecule has 1 aromatic rings. The maximum absolute atomic E-state index is 13.4. The highest BCUT2D eigenvalue weighted by atomic mass is 32.2. The van der Waals surface area contributed by atoms with Crippen LogP contribution in [-0.2, 0) is 15.7 Å². The second-order valence-electron chi connectivity index (χ2n) is 8.04. The fourth-order valence-corrected chi connectivity index (χ4v) is 5.81. The number of alkyl halides is 3. The Hall–Kier alpha value is -1.90. The van der Waals surface area contributed by atoms with Gasteiger partial charge < -0.3 is 10.1 Å². The molecule has 0 aromatic heterocycles. The molecule has 1 N–H and O–H groups in total. The van der Waals surface area contributed by atoms with Crippen molar-refractivity contribution in [2.24, 2.45) is 5.92 Å². The third-order valence-corrected chi connectivity index (χ3v) is 7.27. The average molecular weight is 459 g/mol. The van der Waals surface area contributed by atoms with Crippen LogP contribution in [0.25, 0.3) is 0 Å². The molecule has 2 amide bonds. The first-order valence-electron chi connectivity index (χ1n) is 10.9. The number of esters is 1. The normalized spacial score (nSPS) is 22.4. The largest absolute Gasteiger partial charge is 0.464 e. The highest BCUT2D eigenvalue weighted by molar-refractivity contribution is 8.00. The molecule has 1 aromatic carbocycles. The average Bonchev–Trinajstić information content (AvgIpc) is 3.19. The minimum atomic E-state index is -4.59. The van der Waals surface area contributed by atoms with E-state index >= 15 is 0 Å². The summed E-state index contributed by atoms with van der Waals surface area (Å²) in [6.45, 7) is 2.26. The van der Waals surface area contributed by atoms with Gasteiger partial charge in [0, 0.05) is 5.75 Å². The molecular formula is C22H29F3N2O3S. The summed E-state index contributed by atoms with van der Waals surface area (Å²) in [6, 6.07) is 3.40. The summed E-state index contributed by atoms with van der Waals surface area (Å²) < 4.78 is 45.5. The first kappa shape index (κ1) is 23.8. The molecule has 1 heterocycles. The number of carbonyl (C=O) groups excluding carboxylic acids is 2. The molecule has 9 heteroatoms. The lowest BCUT2D eigenvalue weighted by Crippen LogP contribution is -2.50. The molecule has 5 nitrogen and oxygen atoms in total. The number of nitrogens with one attached hydrogen (secondary N) is 1. The number of nitrogens with zero attached hydrogens (tertiary/aromatic N) is 1. The van der Waals surface area contributed by atoms with Crippen molar-refractivity contribution in [2.75, 3.05) is 17.7 Å².